The molecule has 4 nitrogen and oxygen atoms in total. The molecule has 0 saturated carbocycles. The highest BCUT2D eigenvalue weighted by atomic mass is 79.9. The van der Waals surface area contributed by atoms with Crippen LogP contribution < -0.4 is 4.74 Å². The predicted octanol–water partition coefficient (Wildman–Crippen LogP) is 3.20. The molecule has 0 bridgehead atoms. The first kappa shape index (κ1) is 13.7. The summed E-state index contributed by atoms with van der Waals surface area (Å²) in [5.41, 5.74) is 1.40. The maximum Gasteiger partial charge on any atom is 0.352 e. The summed E-state index contributed by atoms with van der Waals surface area (Å²) in [5, 5.41) is 9.10. The van der Waals surface area contributed by atoms with Gasteiger partial charge in [-0.3, -0.25) is 0 Å². The number of hydrogen-bond donors (Lipinski definition) is 1. The fraction of sp³-hybridized carbons (Fsp3) is 0.214. The summed E-state index contributed by atoms with van der Waals surface area (Å²) in [7, 11) is 1.63. The van der Waals surface area contributed by atoms with Gasteiger partial charge in [0.05, 0.1) is 7.11 Å². The van der Waals surface area contributed by atoms with E-state index in [-0.39, 0.29) is 5.69 Å². The summed E-state index contributed by atoms with van der Waals surface area (Å²) in [6.07, 6.45) is 2.53. The van der Waals surface area contributed by atoms with E-state index in [0.717, 1.165) is 22.2 Å². The third kappa shape index (κ3) is 3.38. The second-order valence-corrected chi connectivity index (χ2v) is 5.06. The molecule has 5 heteroatoms. The van der Waals surface area contributed by atoms with Crippen LogP contribution in [-0.4, -0.2) is 22.8 Å². The van der Waals surface area contributed by atoms with E-state index in [1.165, 1.54) is 0 Å². The van der Waals surface area contributed by atoms with Crippen molar-refractivity contribution in [2.75, 3.05) is 7.11 Å². The summed E-state index contributed by atoms with van der Waals surface area (Å²) in [4.78, 5) is 11.1. The minimum Gasteiger partial charge on any atom is -0.497 e. The number of aromatic carboxylic acids is 1. The van der Waals surface area contributed by atoms with Crippen LogP contribution in [0.1, 0.15) is 16.1 Å². The second kappa shape index (κ2) is 5.93. The van der Waals surface area contributed by atoms with Gasteiger partial charge in [0.25, 0.3) is 0 Å². The number of rotatable bonds is 5. The standard InChI is InChI=1S/C14H14BrNO3/c1-19-12-4-2-3-10(7-12)5-6-16-9-11(15)8-13(16)14(17)18/h2-4,7-9H,5-6H2,1H3,(H,17,18). The molecule has 1 aromatic carbocycles. The van der Waals surface area contributed by atoms with Gasteiger partial charge in [-0.15, -0.1) is 0 Å². The molecular weight excluding hydrogens is 310 g/mol. The van der Waals surface area contributed by atoms with Gasteiger partial charge in [-0.2, -0.15) is 0 Å². The van der Waals surface area contributed by atoms with Gasteiger partial charge in [0.1, 0.15) is 11.4 Å². The molecule has 1 aromatic heterocycles. The largest absolute Gasteiger partial charge is 0.497 e. The van der Waals surface area contributed by atoms with Gasteiger partial charge >= 0.3 is 5.97 Å². The highest BCUT2D eigenvalue weighted by molar-refractivity contribution is 9.10. The van der Waals surface area contributed by atoms with Crippen molar-refractivity contribution in [2.45, 2.75) is 13.0 Å². The van der Waals surface area contributed by atoms with E-state index >= 15 is 0 Å². The van der Waals surface area contributed by atoms with Crippen molar-refractivity contribution in [2.24, 2.45) is 0 Å². The lowest BCUT2D eigenvalue weighted by Gasteiger charge is -2.07. The lowest BCUT2D eigenvalue weighted by molar-refractivity contribution is 0.0685. The molecule has 0 amide bonds. The van der Waals surface area contributed by atoms with Crippen molar-refractivity contribution in [1.82, 2.24) is 4.57 Å². The highest BCUT2D eigenvalue weighted by Crippen LogP contribution is 2.17. The molecule has 0 atom stereocenters. The van der Waals surface area contributed by atoms with Crippen LogP contribution in [0.5, 0.6) is 5.75 Å². The Morgan fingerprint density at radius 1 is 1.42 bits per heavy atom. The van der Waals surface area contributed by atoms with Crippen molar-refractivity contribution >= 4 is 21.9 Å². The molecule has 19 heavy (non-hydrogen) atoms. The average molecular weight is 324 g/mol. The van der Waals surface area contributed by atoms with Crippen LogP contribution in [0.25, 0.3) is 0 Å². The Labute approximate surface area is 119 Å². The summed E-state index contributed by atoms with van der Waals surface area (Å²) in [6.45, 7) is 0.612. The average Bonchev–Trinajstić information content (AvgIpc) is 2.78. The minimum absolute atomic E-state index is 0.287. The van der Waals surface area contributed by atoms with Gasteiger partial charge in [-0.25, -0.2) is 4.79 Å². The van der Waals surface area contributed by atoms with Crippen LogP contribution in [-0.2, 0) is 13.0 Å². The van der Waals surface area contributed by atoms with Crippen LogP contribution in [0.15, 0.2) is 41.0 Å². The fourth-order valence-corrected chi connectivity index (χ4v) is 2.38. The molecule has 0 fully saturated rings. The monoisotopic (exact) mass is 323 g/mol. The maximum absolute atomic E-state index is 11.1. The van der Waals surface area contributed by atoms with Crippen LogP contribution in [0.3, 0.4) is 0 Å². The van der Waals surface area contributed by atoms with Crippen LogP contribution in [0.4, 0.5) is 0 Å². The number of ether oxygens (including phenoxy) is 1. The summed E-state index contributed by atoms with van der Waals surface area (Å²) < 4.78 is 7.67. The van der Waals surface area contributed by atoms with E-state index in [1.807, 2.05) is 24.3 Å². The van der Waals surface area contributed by atoms with Gasteiger partial charge < -0.3 is 14.4 Å². The highest BCUT2D eigenvalue weighted by Gasteiger charge is 2.11. The van der Waals surface area contributed by atoms with Gasteiger partial charge in [-0.05, 0) is 46.1 Å². The number of halogens is 1. The molecule has 1 heterocycles. The van der Waals surface area contributed by atoms with Crippen molar-refractivity contribution in [3.8, 4) is 5.75 Å². The minimum atomic E-state index is -0.920. The number of aryl methyl sites for hydroxylation is 2. The SMILES string of the molecule is COc1cccc(CCn2cc(Br)cc2C(=O)O)c1. The zero-order valence-electron chi connectivity index (χ0n) is 10.5. The Morgan fingerprint density at radius 3 is 2.89 bits per heavy atom. The molecule has 1 N–H and O–H groups in total. The number of carboxylic acid groups (broad SMARTS) is 1. The van der Waals surface area contributed by atoms with Gasteiger partial charge in [0.15, 0.2) is 0 Å². The zero-order valence-corrected chi connectivity index (χ0v) is 12.1. The van der Waals surface area contributed by atoms with Gasteiger partial charge in [-0.1, -0.05) is 12.1 Å². The molecular formula is C14H14BrNO3. The number of carbonyl (C=O) groups is 1. The molecule has 0 aliphatic heterocycles. The quantitative estimate of drug-likeness (QED) is 0.919. The normalized spacial score (nSPS) is 10.4. The molecule has 0 spiro atoms. The van der Waals surface area contributed by atoms with Crippen LogP contribution in [0, 0.1) is 0 Å². The Kier molecular flexibility index (Phi) is 4.27. The summed E-state index contributed by atoms with van der Waals surface area (Å²) in [6, 6.07) is 9.38. The zero-order chi connectivity index (χ0) is 13.8. The number of hydrogen-bond acceptors (Lipinski definition) is 2. The topological polar surface area (TPSA) is 51.5 Å². The summed E-state index contributed by atoms with van der Waals surface area (Å²) in [5.74, 6) is -0.110. The Morgan fingerprint density at radius 2 is 2.21 bits per heavy atom. The smallest absolute Gasteiger partial charge is 0.352 e. The number of carboxylic acids is 1. The number of nitrogens with zero attached hydrogens (tertiary/aromatic N) is 1. The molecule has 2 rings (SSSR count). The maximum atomic E-state index is 11.1. The Hall–Kier alpha value is -1.75. The van der Waals surface area contributed by atoms with Crippen LogP contribution in [0.2, 0.25) is 0 Å². The Balaban J connectivity index is 2.11. The molecule has 0 aliphatic carbocycles. The molecule has 100 valence electrons. The molecule has 2 aromatic rings. The van der Waals surface area contributed by atoms with Gasteiger partial charge in [0.2, 0.25) is 0 Å². The molecule has 0 aliphatic rings. The lowest BCUT2D eigenvalue weighted by Crippen LogP contribution is -2.09. The van der Waals surface area contributed by atoms with E-state index in [1.54, 1.807) is 23.9 Å². The molecule has 0 unspecified atom stereocenters. The first-order chi connectivity index (χ1) is 9.10. The first-order valence-electron chi connectivity index (χ1n) is 5.82. The number of methoxy groups -OCH3 is 1. The van der Waals surface area contributed by atoms with Gasteiger partial charge in [0, 0.05) is 17.2 Å². The van der Waals surface area contributed by atoms with Crippen LogP contribution >= 0.6 is 15.9 Å². The summed E-state index contributed by atoms with van der Waals surface area (Å²) >= 11 is 3.30. The number of benzene rings is 1. The second-order valence-electron chi connectivity index (χ2n) is 4.14. The van der Waals surface area contributed by atoms with E-state index < -0.39 is 5.97 Å². The predicted molar refractivity (Wildman–Crippen MR) is 75.8 cm³/mol. The van der Waals surface area contributed by atoms with E-state index in [0.29, 0.717) is 6.54 Å². The Bertz CT molecular complexity index is 592. The van der Waals surface area contributed by atoms with E-state index in [2.05, 4.69) is 15.9 Å². The molecule has 0 radical (unpaired) electrons. The van der Waals surface area contributed by atoms with Crippen molar-refractivity contribution in [3.63, 3.8) is 0 Å². The third-order valence-electron chi connectivity index (χ3n) is 2.86. The first-order valence-corrected chi connectivity index (χ1v) is 6.61. The van der Waals surface area contributed by atoms with Crippen molar-refractivity contribution < 1.29 is 14.6 Å². The van der Waals surface area contributed by atoms with E-state index in [4.69, 9.17) is 9.84 Å². The lowest BCUT2D eigenvalue weighted by atomic mass is 10.1. The number of aromatic nitrogens is 1. The van der Waals surface area contributed by atoms with Crippen molar-refractivity contribution in [1.29, 1.82) is 0 Å². The van der Waals surface area contributed by atoms with E-state index in [9.17, 15) is 4.79 Å². The van der Waals surface area contributed by atoms with Crippen molar-refractivity contribution in [3.05, 3.63) is 52.3 Å². The molecule has 0 saturated heterocycles. The fourth-order valence-electron chi connectivity index (χ4n) is 1.92. The third-order valence-corrected chi connectivity index (χ3v) is 3.29.